The van der Waals surface area contributed by atoms with Gasteiger partial charge in [0.25, 0.3) is 0 Å². The van der Waals surface area contributed by atoms with E-state index in [-0.39, 0.29) is 0 Å². The van der Waals surface area contributed by atoms with Gasteiger partial charge in [-0.05, 0) is 22.6 Å². The van der Waals surface area contributed by atoms with Crippen LogP contribution in [-0.4, -0.2) is 33.9 Å². The Bertz CT molecular complexity index is 513. The maximum atomic E-state index is 5.04. The molecule has 0 aliphatic heterocycles. The first-order valence-corrected chi connectivity index (χ1v) is 6.06. The molecule has 17 heavy (non-hydrogen) atoms. The van der Waals surface area contributed by atoms with Crippen LogP contribution in [0.1, 0.15) is 5.82 Å². The van der Waals surface area contributed by atoms with Crippen molar-refractivity contribution in [2.75, 3.05) is 19.5 Å². The van der Waals surface area contributed by atoms with Gasteiger partial charge in [0.05, 0.1) is 9.77 Å². The van der Waals surface area contributed by atoms with Crippen molar-refractivity contribution >= 4 is 28.4 Å². The molecule has 0 aromatic carbocycles. The van der Waals surface area contributed by atoms with Gasteiger partial charge in [-0.25, -0.2) is 14.6 Å². The molecule has 90 valence electrons. The molecule has 0 amide bonds. The van der Waals surface area contributed by atoms with Crippen LogP contribution in [-0.2, 0) is 11.3 Å². The van der Waals surface area contributed by atoms with Crippen LogP contribution in [0.25, 0.3) is 5.82 Å². The molecule has 7 heteroatoms. The van der Waals surface area contributed by atoms with Gasteiger partial charge in [0, 0.05) is 26.4 Å². The third-order valence-corrected chi connectivity index (χ3v) is 2.63. The Morgan fingerprint density at radius 3 is 2.88 bits per heavy atom. The molecule has 0 atom stereocenters. The Hall–Kier alpha value is -1.22. The van der Waals surface area contributed by atoms with E-state index in [0.717, 1.165) is 15.2 Å². The molecule has 0 fully saturated rings. The number of anilines is 1. The molecule has 1 N–H and O–H groups in total. The van der Waals surface area contributed by atoms with Gasteiger partial charge < -0.3 is 10.1 Å². The van der Waals surface area contributed by atoms with Crippen molar-refractivity contribution in [1.29, 1.82) is 0 Å². The number of ether oxygens (including phenoxy) is 1. The third kappa shape index (κ3) is 2.91. The largest absolute Gasteiger partial charge is 0.377 e. The van der Waals surface area contributed by atoms with Gasteiger partial charge in [0.2, 0.25) is 0 Å². The number of nitrogens with one attached hydrogen (secondary N) is 1. The van der Waals surface area contributed by atoms with E-state index < -0.39 is 0 Å². The highest BCUT2D eigenvalue weighted by Gasteiger charge is 2.06. The van der Waals surface area contributed by atoms with E-state index in [4.69, 9.17) is 4.74 Å². The van der Waals surface area contributed by atoms with Crippen molar-refractivity contribution in [2.24, 2.45) is 0 Å². The normalized spacial score (nSPS) is 10.5. The Morgan fingerprint density at radius 2 is 2.29 bits per heavy atom. The van der Waals surface area contributed by atoms with Gasteiger partial charge in [-0.15, -0.1) is 0 Å². The second-order valence-corrected chi connectivity index (χ2v) is 4.56. The van der Waals surface area contributed by atoms with Crippen LogP contribution in [0.2, 0.25) is 0 Å². The number of rotatable bonds is 4. The van der Waals surface area contributed by atoms with Gasteiger partial charge >= 0.3 is 0 Å². The van der Waals surface area contributed by atoms with Crippen LogP contribution in [0.5, 0.6) is 0 Å². The first-order chi connectivity index (χ1) is 8.22. The van der Waals surface area contributed by atoms with Crippen molar-refractivity contribution in [3.63, 3.8) is 0 Å². The SMILES string of the molecule is CNc1cc(-n2cc(I)cn2)nc(COC)n1. The van der Waals surface area contributed by atoms with Crippen molar-refractivity contribution in [3.05, 3.63) is 27.9 Å². The Kier molecular flexibility index (Phi) is 3.89. The van der Waals surface area contributed by atoms with Crippen molar-refractivity contribution < 1.29 is 4.74 Å². The average molecular weight is 345 g/mol. The van der Waals surface area contributed by atoms with E-state index in [9.17, 15) is 0 Å². The molecule has 0 spiro atoms. The fourth-order valence-corrected chi connectivity index (χ4v) is 1.74. The van der Waals surface area contributed by atoms with Crippen LogP contribution in [0.15, 0.2) is 18.5 Å². The lowest BCUT2D eigenvalue weighted by Gasteiger charge is -2.07. The summed E-state index contributed by atoms with van der Waals surface area (Å²) in [4.78, 5) is 8.66. The van der Waals surface area contributed by atoms with Crippen molar-refractivity contribution in [3.8, 4) is 5.82 Å². The van der Waals surface area contributed by atoms with E-state index in [1.54, 1.807) is 18.0 Å². The number of hydrogen-bond donors (Lipinski definition) is 1. The third-order valence-electron chi connectivity index (χ3n) is 2.07. The lowest BCUT2D eigenvalue weighted by atomic mass is 10.5. The summed E-state index contributed by atoms with van der Waals surface area (Å²) in [7, 11) is 3.43. The minimum Gasteiger partial charge on any atom is -0.377 e. The summed E-state index contributed by atoms with van der Waals surface area (Å²) in [5.41, 5.74) is 0. The van der Waals surface area contributed by atoms with Crippen LogP contribution < -0.4 is 5.32 Å². The van der Waals surface area contributed by atoms with E-state index in [0.29, 0.717) is 12.4 Å². The molecule has 0 aliphatic carbocycles. The molecular weight excluding hydrogens is 333 g/mol. The molecule has 0 radical (unpaired) electrons. The van der Waals surface area contributed by atoms with Crippen LogP contribution in [0, 0.1) is 3.57 Å². The minimum absolute atomic E-state index is 0.376. The topological polar surface area (TPSA) is 64.9 Å². The summed E-state index contributed by atoms with van der Waals surface area (Å²) in [6, 6.07) is 1.84. The number of aromatic nitrogens is 4. The molecule has 2 heterocycles. The van der Waals surface area contributed by atoms with E-state index in [2.05, 4.69) is 43.0 Å². The first kappa shape index (κ1) is 12.2. The lowest BCUT2D eigenvalue weighted by molar-refractivity contribution is 0.178. The van der Waals surface area contributed by atoms with E-state index >= 15 is 0 Å². The molecule has 2 rings (SSSR count). The highest BCUT2D eigenvalue weighted by molar-refractivity contribution is 14.1. The second-order valence-electron chi connectivity index (χ2n) is 3.31. The molecule has 2 aromatic rings. The lowest BCUT2D eigenvalue weighted by Crippen LogP contribution is -2.07. The van der Waals surface area contributed by atoms with Crippen molar-refractivity contribution in [1.82, 2.24) is 19.7 Å². The Balaban J connectivity index is 2.42. The molecule has 2 aromatic heterocycles. The van der Waals surface area contributed by atoms with Gasteiger partial charge in [0.1, 0.15) is 12.4 Å². The molecule has 0 saturated heterocycles. The predicted molar refractivity (Wildman–Crippen MR) is 72.1 cm³/mol. The second kappa shape index (κ2) is 5.41. The number of methoxy groups -OCH3 is 1. The Morgan fingerprint density at radius 1 is 1.47 bits per heavy atom. The minimum atomic E-state index is 0.376. The highest BCUT2D eigenvalue weighted by atomic mass is 127. The van der Waals surface area contributed by atoms with Crippen LogP contribution in [0.3, 0.4) is 0 Å². The average Bonchev–Trinajstić information content (AvgIpc) is 2.76. The molecular formula is C10H12IN5O. The summed E-state index contributed by atoms with van der Waals surface area (Å²) in [5, 5.41) is 7.21. The summed E-state index contributed by atoms with van der Waals surface area (Å²) >= 11 is 2.20. The molecule has 0 aliphatic rings. The van der Waals surface area contributed by atoms with E-state index in [1.165, 1.54) is 0 Å². The van der Waals surface area contributed by atoms with Gasteiger partial charge in [-0.3, -0.25) is 0 Å². The standard InChI is InChI=1S/C10H12IN5O/c1-12-8-3-10(15-9(14-8)6-17-2)16-5-7(11)4-13-16/h3-5H,6H2,1-2H3,(H,12,14,15). The van der Waals surface area contributed by atoms with Gasteiger partial charge in [-0.2, -0.15) is 5.10 Å². The maximum absolute atomic E-state index is 5.04. The van der Waals surface area contributed by atoms with Gasteiger partial charge in [0.15, 0.2) is 11.6 Å². The number of halogens is 1. The monoisotopic (exact) mass is 345 g/mol. The zero-order valence-electron chi connectivity index (χ0n) is 9.51. The summed E-state index contributed by atoms with van der Waals surface area (Å²) in [6.07, 6.45) is 3.68. The van der Waals surface area contributed by atoms with Crippen molar-refractivity contribution in [2.45, 2.75) is 6.61 Å². The zero-order valence-corrected chi connectivity index (χ0v) is 11.7. The summed E-state index contributed by atoms with van der Waals surface area (Å²) in [5.74, 6) is 2.09. The quantitative estimate of drug-likeness (QED) is 0.850. The Labute approximate surface area is 113 Å². The fourth-order valence-electron chi connectivity index (χ4n) is 1.35. The fraction of sp³-hybridized carbons (Fsp3) is 0.300. The summed E-state index contributed by atoms with van der Waals surface area (Å²) in [6.45, 7) is 0.376. The smallest absolute Gasteiger partial charge is 0.159 e. The zero-order chi connectivity index (χ0) is 12.3. The number of nitrogens with zero attached hydrogens (tertiary/aromatic N) is 4. The predicted octanol–water partition coefficient (Wildman–Crippen LogP) is 1.45. The van der Waals surface area contributed by atoms with Gasteiger partial charge in [-0.1, -0.05) is 0 Å². The van der Waals surface area contributed by atoms with Crippen LogP contribution in [0.4, 0.5) is 5.82 Å². The molecule has 6 nitrogen and oxygen atoms in total. The van der Waals surface area contributed by atoms with Crippen LogP contribution >= 0.6 is 22.6 Å². The highest BCUT2D eigenvalue weighted by Crippen LogP contribution is 2.12. The number of hydrogen-bond acceptors (Lipinski definition) is 5. The molecule has 0 unspecified atom stereocenters. The molecule has 0 bridgehead atoms. The first-order valence-electron chi connectivity index (χ1n) is 4.98. The van der Waals surface area contributed by atoms with E-state index in [1.807, 2.05) is 19.3 Å². The maximum Gasteiger partial charge on any atom is 0.159 e. The molecule has 0 saturated carbocycles. The summed E-state index contributed by atoms with van der Waals surface area (Å²) < 4.78 is 7.81.